The number of ether oxygens (including phenoxy) is 1. The van der Waals surface area contributed by atoms with Crippen LogP contribution in [0.1, 0.15) is 39.2 Å². The molecule has 9 nitrogen and oxygen atoms in total. The summed E-state index contributed by atoms with van der Waals surface area (Å²) in [6.45, 7) is 10.4. The summed E-state index contributed by atoms with van der Waals surface area (Å²) in [4.78, 5) is 16.9. The van der Waals surface area contributed by atoms with Gasteiger partial charge in [0.05, 0.1) is 6.61 Å². The fraction of sp³-hybridized carbons (Fsp3) is 0.696. The van der Waals surface area contributed by atoms with Crippen molar-refractivity contribution in [2.24, 2.45) is 0 Å². The summed E-state index contributed by atoms with van der Waals surface area (Å²) < 4.78 is 32.2. The number of sulfonamides is 1. The number of hydrogen-bond donors (Lipinski definition) is 2. The zero-order chi connectivity index (χ0) is 24.3. The van der Waals surface area contributed by atoms with Crippen molar-refractivity contribution in [3.8, 4) is 0 Å². The fourth-order valence-corrected chi connectivity index (χ4v) is 6.78. The van der Waals surface area contributed by atoms with Gasteiger partial charge in [-0.2, -0.15) is 4.31 Å². The molecule has 1 aromatic carbocycles. The molecule has 2 aliphatic heterocycles. The van der Waals surface area contributed by atoms with Crippen LogP contribution in [-0.2, 0) is 25.0 Å². The number of piperazine rings is 1. The number of benzene rings is 1. The van der Waals surface area contributed by atoms with Crippen LogP contribution in [0, 0.1) is 0 Å². The summed E-state index contributed by atoms with van der Waals surface area (Å²) in [6, 6.07) is 8.41. The number of halogens is 1. The number of nitrogens with zero attached hydrogens (tertiary/aromatic N) is 3. The number of piperidine rings is 1. The number of anilines is 1. The Bertz CT molecular complexity index is 904. The number of carbonyl (C=O) groups is 1. The Morgan fingerprint density at radius 3 is 2.09 bits per heavy atom. The highest BCUT2D eigenvalue weighted by Crippen LogP contribution is 2.35. The molecule has 11 heteroatoms. The molecule has 2 fully saturated rings. The molecule has 34 heavy (non-hydrogen) atoms. The minimum atomic E-state index is -3.96. The minimum Gasteiger partial charge on any atom is -0.383 e. The number of carbonyl (C=O) groups excluding carboxylic acids is 1. The smallest absolute Gasteiger partial charge is 0.266 e. The van der Waals surface area contributed by atoms with Gasteiger partial charge in [-0.15, -0.1) is 12.4 Å². The lowest BCUT2D eigenvalue weighted by molar-refractivity contribution is -0.133. The van der Waals surface area contributed by atoms with Crippen molar-refractivity contribution in [1.29, 1.82) is 0 Å². The number of hydrogen-bond acceptors (Lipinski definition) is 7. The minimum absolute atomic E-state index is 0. The highest BCUT2D eigenvalue weighted by molar-refractivity contribution is 7.91. The monoisotopic (exact) mass is 518 g/mol. The molecule has 0 spiro atoms. The van der Waals surface area contributed by atoms with Crippen LogP contribution < -0.4 is 10.4 Å². The van der Waals surface area contributed by atoms with Crippen molar-refractivity contribution in [2.45, 2.75) is 43.8 Å². The maximum Gasteiger partial charge on any atom is 0.266 e. The number of likely N-dealkylation sites (tertiary alicyclic amines) is 1. The molecular formula is C23H39ClN4O5S. The van der Waals surface area contributed by atoms with Crippen LogP contribution in [0.4, 0.5) is 5.69 Å². The number of amides is 1. The lowest BCUT2D eigenvalue weighted by Crippen LogP contribution is -2.63. The van der Waals surface area contributed by atoms with Gasteiger partial charge in [0, 0.05) is 58.6 Å². The van der Waals surface area contributed by atoms with Gasteiger partial charge in [-0.3, -0.25) is 10.0 Å². The third-order valence-electron chi connectivity index (χ3n) is 6.96. The van der Waals surface area contributed by atoms with Crippen LogP contribution in [0.25, 0.3) is 0 Å². The maximum atomic E-state index is 13.7. The predicted molar refractivity (Wildman–Crippen MR) is 135 cm³/mol. The second-order valence-corrected chi connectivity index (χ2v) is 12.2. The average molecular weight is 519 g/mol. The van der Waals surface area contributed by atoms with Crippen molar-refractivity contribution >= 4 is 34.0 Å². The van der Waals surface area contributed by atoms with Gasteiger partial charge in [-0.25, -0.2) is 13.9 Å². The van der Waals surface area contributed by atoms with E-state index in [0.29, 0.717) is 52.4 Å². The fourth-order valence-electron chi connectivity index (χ4n) is 4.67. The molecule has 1 aromatic rings. The standard InChI is InChI=1S/C23H38N4O5S.ClH/c1-22(2,3)19-5-7-20(8-6-19)26-13-15-27(16-14-26)33(30,31)23(21(28)24-29)9-11-25(12-10-23)17-18-32-4;/h5-8,29H,9-18H2,1-4H3,(H,24,28);1H. The van der Waals surface area contributed by atoms with Crippen molar-refractivity contribution in [3.05, 3.63) is 29.8 Å². The summed E-state index contributed by atoms with van der Waals surface area (Å²) in [5.74, 6) is -0.839. The normalized spacial score (nSPS) is 20.0. The lowest BCUT2D eigenvalue weighted by atomic mass is 9.87. The van der Waals surface area contributed by atoms with Crippen LogP contribution in [-0.4, -0.2) is 93.0 Å². The first-order chi connectivity index (χ1) is 15.5. The van der Waals surface area contributed by atoms with E-state index in [1.54, 1.807) is 12.6 Å². The Morgan fingerprint density at radius 1 is 1.06 bits per heavy atom. The Balaban J connectivity index is 0.00000408. The van der Waals surface area contributed by atoms with E-state index in [1.165, 1.54) is 9.87 Å². The van der Waals surface area contributed by atoms with Crippen LogP contribution in [0.15, 0.2) is 24.3 Å². The second kappa shape index (κ2) is 11.5. The second-order valence-electron chi connectivity index (χ2n) is 9.96. The SMILES string of the molecule is COCCN1CCC(C(=O)NO)(S(=O)(=O)N2CCN(c3ccc(C(C)(C)C)cc3)CC2)CC1.Cl. The molecule has 194 valence electrons. The van der Waals surface area contributed by atoms with Crippen LogP contribution >= 0.6 is 12.4 Å². The first kappa shape index (κ1) is 28.8. The quantitative estimate of drug-likeness (QED) is 0.419. The highest BCUT2D eigenvalue weighted by atomic mass is 35.5. The zero-order valence-electron chi connectivity index (χ0n) is 20.6. The van der Waals surface area contributed by atoms with E-state index in [4.69, 9.17) is 4.74 Å². The Labute approximate surface area is 209 Å². The summed E-state index contributed by atoms with van der Waals surface area (Å²) in [6.07, 6.45) is 0.278. The van der Waals surface area contributed by atoms with E-state index < -0.39 is 20.7 Å². The lowest BCUT2D eigenvalue weighted by Gasteiger charge is -2.44. The largest absolute Gasteiger partial charge is 0.383 e. The van der Waals surface area contributed by atoms with Crippen molar-refractivity contribution in [1.82, 2.24) is 14.7 Å². The van der Waals surface area contributed by atoms with Gasteiger partial charge >= 0.3 is 0 Å². The summed E-state index contributed by atoms with van der Waals surface area (Å²) >= 11 is 0. The Hall–Kier alpha value is -1.43. The zero-order valence-corrected chi connectivity index (χ0v) is 22.3. The van der Waals surface area contributed by atoms with E-state index >= 15 is 0 Å². The molecule has 0 radical (unpaired) electrons. The predicted octanol–water partition coefficient (Wildman–Crippen LogP) is 1.84. The summed E-state index contributed by atoms with van der Waals surface area (Å²) in [5.41, 5.74) is 4.02. The maximum absolute atomic E-state index is 13.7. The molecule has 2 aliphatic rings. The molecule has 0 saturated carbocycles. The van der Waals surface area contributed by atoms with E-state index in [-0.39, 0.29) is 30.7 Å². The summed E-state index contributed by atoms with van der Waals surface area (Å²) in [5, 5.41) is 9.37. The molecular weight excluding hydrogens is 480 g/mol. The molecule has 0 aromatic heterocycles. The van der Waals surface area contributed by atoms with Gasteiger partial charge in [-0.05, 0) is 36.0 Å². The first-order valence-corrected chi connectivity index (χ1v) is 13.0. The molecule has 2 saturated heterocycles. The molecule has 0 bridgehead atoms. The van der Waals surface area contributed by atoms with Crippen molar-refractivity contribution in [2.75, 3.05) is 64.4 Å². The molecule has 2 N–H and O–H groups in total. The average Bonchev–Trinajstić information content (AvgIpc) is 2.82. The van der Waals surface area contributed by atoms with E-state index in [2.05, 4.69) is 54.8 Å². The number of hydroxylamine groups is 1. The molecule has 2 heterocycles. The molecule has 0 aliphatic carbocycles. The van der Waals surface area contributed by atoms with Gasteiger partial charge in [0.2, 0.25) is 10.0 Å². The molecule has 3 rings (SSSR count). The van der Waals surface area contributed by atoms with E-state index in [0.717, 1.165) is 5.69 Å². The number of methoxy groups -OCH3 is 1. The van der Waals surface area contributed by atoms with Gasteiger partial charge < -0.3 is 14.5 Å². The van der Waals surface area contributed by atoms with Crippen molar-refractivity contribution in [3.63, 3.8) is 0 Å². The molecule has 0 atom stereocenters. The Morgan fingerprint density at radius 2 is 1.62 bits per heavy atom. The van der Waals surface area contributed by atoms with E-state index in [9.17, 15) is 18.4 Å². The molecule has 1 amide bonds. The first-order valence-electron chi connectivity index (χ1n) is 11.6. The van der Waals surface area contributed by atoms with Crippen LogP contribution in [0.2, 0.25) is 0 Å². The van der Waals surface area contributed by atoms with Gasteiger partial charge in [0.15, 0.2) is 4.75 Å². The molecule has 0 unspecified atom stereocenters. The van der Waals surface area contributed by atoms with Gasteiger partial charge in [-0.1, -0.05) is 32.9 Å². The Kier molecular flexibility index (Phi) is 9.77. The third-order valence-corrected chi connectivity index (χ3v) is 9.59. The third kappa shape index (κ3) is 5.85. The number of nitrogens with one attached hydrogen (secondary N) is 1. The topological polar surface area (TPSA) is 102 Å². The van der Waals surface area contributed by atoms with Crippen LogP contribution in [0.3, 0.4) is 0 Å². The number of rotatable bonds is 7. The van der Waals surface area contributed by atoms with Gasteiger partial charge in [0.1, 0.15) is 0 Å². The van der Waals surface area contributed by atoms with Crippen molar-refractivity contribution < 1.29 is 23.2 Å². The van der Waals surface area contributed by atoms with Crippen LogP contribution in [0.5, 0.6) is 0 Å². The highest BCUT2D eigenvalue weighted by Gasteiger charge is 2.55. The summed E-state index contributed by atoms with van der Waals surface area (Å²) in [7, 11) is -2.34. The van der Waals surface area contributed by atoms with E-state index in [1.807, 2.05) is 0 Å². The van der Waals surface area contributed by atoms with Gasteiger partial charge in [0.25, 0.3) is 5.91 Å².